The Kier molecular flexibility index (Phi) is 7.34. The summed E-state index contributed by atoms with van der Waals surface area (Å²) in [5.74, 6) is -1.47. The van der Waals surface area contributed by atoms with Crippen LogP contribution in [-0.2, 0) is 28.6 Å². The van der Waals surface area contributed by atoms with E-state index in [2.05, 4.69) is 10.0 Å². The van der Waals surface area contributed by atoms with Crippen LogP contribution in [0, 0.1) is 5.92 Å². The molecule has 0 spiro atoms. The highest BCUT2D eigenvalue weighted by molar-refractivity contribution is 8.14. The van der Waals surface area contributed by atoms with Crippen molar-refractivity contribution in [1.29, 1.82) is 0 Å². The summed E-state index contributed by atoms with van der Waals surface area (Å²) < 4.78 is 15.9. The van der Waals surface area contributed by atoms with Crippen LogP contribution in [0.2, 0.25) is 0 Å². The quantitative estimate of drug-likeness (QED) is 0.321. The van der Waals surface area contributed by atoms with E-state index in [0.29, 0.717) is 0 Å². The van der Waals surface area contributed by atoms with Crippen molar-refractivity contribution in [3.05, 3.63) is 10.4 Å². The number of thioether (sulfide) groups is 1. The van der Waals surface area contributed by atoms with Crippen LogP contribution >= 0.6 is 11.8 Å². The van der Waals surface area contributed by atoms with Crippen molar-refractivity contribution in [1.82, 2.24) is 0 Å². The Morgan fingerprint density at radius 3 is 2.39 bits per heavy atom. The van der Waals surface area contributed by atoms with Crippen molar-refractivity contribution < 1.29 is 28.6 Å². The first kappa shape index (κ1) is 19.3. The van der Waals surface area contributed by atoms with E-state index >= 15 is 0 Å². The summed E-state index contributed by atoms with van der Waals surface area (Å²) in [6.45, 7) is 5.41. The summed E-state index contributed by atoms with van der Waals surface area (Å²) in [5, 5.41) is 3.52. The molecule has 1 fully saturated rings. The van der Waals surface area contributed by atoms with Crippen LogP contribution in [0.3, 0.4) is 0 Å². The van der Waals surface area contributed by atoms with Gasteiger partial charge in [0.1, 0.15) is 24.3 Å². The predicted octanol–water partition coefficient (Wildman–Crippen LogP) is 1.80. The van der Waals surface area contributed by atoms with E-state index in [-0.39, 0.29) is 17.6 Å². The number of carbonyl (C=O) groups excluding carboxylic acids is 3. The third-order valence-corrected chi connectivity index (χ3v) is 4.30. The van der Waals surface area contributed by atoms with Gasteiger partial charge in [0.15, 0.2) is 5.12 Å². The lowest BCUT2D eigenvalue weighted by molar-refractivity contribution is -0.183. The van der Waals surface area contributed by atoms with E-state index in [0.717, 1.165) is 11.8 Å². The average molecular weight is 345 g/mol. The van der Waals surface area contributed by atoms with Crippen molar-refractivity contribution >= 4 is 28.8 Å². The molecule has 1 saturated heterocycles. The van der Waals surface area contributed by atoms with Gasteiger partial charge in [0.2, 0.25) is 0 Å². The van der Waals surface area contributed by atoms with Crippen LogP contribution in [0.25, 0.3) is 10.4 Å². The fourth-order valence-electron chi connectivity index (χ4n) is 2.25. The summed E-state index contributed by atoms with van der Waals surface area (Å²) in [6.07, 6.45) is -1.73. The number of ether oxygens (including phenoxy) is 3. The van der Waals surface area contributed by atoms with Gasteiger partial charge in [-0.05, 0) is 5.53 Å². The molecule has 0 saturated carbocycles. The van der Waals surface area contributed by atoms with Gasteiger partial charge >= 0.3 is 11.9 Å². The number of esters is 2. The molecule has 1 aliphatic rings. The van der Waals surface area contributed by atoms with Gasteiger partial charge in [-0.3, -0.25) is 14.4 Å². The maximum absolute atomic E-state index is 11.4. The molecule has 1 heterocycles. The topological polar surface area (TPSA) is 128 Å². The molecular weight excluding hydrogens is 326 g/mol. The molecule has 9 nitrogen and oxygen atoms in total. The minimum Gasteiger partial charge on any atom is -0.463 e. The van der Waals surface area contributed by atoms with Crippen LogP contribution < -0.4 is 0 Å². The zero-order chi connectivity index (χ0) is 17.6. The smallest absolute Gasteiger partial charge is 0.303 e. The minimum atomic E-state index is -0.901. The van der Waals surface area contributed by atoms with Crippen LogP contribution in [0.4, 0.5) is 0 Å². The molecule has 0 amide bonds. The highest BCUT2D eigenvalue weighted by Gasteiger charge is 2.46. The second-order valence-corrected chi connectivity index (χ2v) is 6.36. The van der Waals surface area contributed by atoms with Gasteiger partial charge < -0.3 is 14.2 Å². The maximum atomic E-state index is 11.4. The fourth-order valence-corrected chi connectivity index (χ4v) is 3.15. The Morgan fingerprint density at radius 1 is 1.26 bits per heavy atom. The number of hydrogen-bond acceptors (Lipinski definition) is 8. The van der Waals surface area contributed by atoms with Gasteiger partial charge in [-0.15, -0.1) is 0 Å². The SMILES string of the molecule is CC(=O)OCC1O[C@H](SC(C)=O)C(C)[C@@H](N=[N+]=[N-])[C@H]1OC(C)=O. The van der Waals surface area contributed by atoms with Crippen LogP contribution in [0.1, 0.15) is 27.7 Å². The van der Waals surface area contributed by atoms with Gasteiger partial charge in [0.25, 0.3) is 0 Å². The third-order valence-electron chi connectivity index (χ3n) is 3.20. The first-order chi connectivity index (χ1) is 10.8. The normalized spacial score (nSPS) is 30.0. The lowest BCUT2D eigenvalue weighted by atomic mass is 9.91. The Morgan fingerprint density at radius 2 is 1.91 bits per heavy atom. The molecule has 5 atom stereocenters. The molecule has 1 aliphatic heterocycles. The Bertz CT molecular complexity index is 522. The average Bonchev–Trinajstić information content (AvgIpc) is 2.43. The van der Waals surface area contributed by atoms with E-state index in [1.165, 1.54) is 20.8 Å². The van der Waals surface area contributed by atoms with Crippen molar-refractivity contribution in [2.75, 3.05) is 6.61 Å². The molecule has 0 N–H and O–H groups in total. The number of azide groups is 1. The second-order valence-electron chi connectivity index (χ2n) is 5.08. The fraction of sp³-hybridized carbons (Fsp3) is 0.769. The lowest BCUT2D eigenvalue weighted by Crippen LogP contribution is -2.55. The van der Waals surface area contributed by atoms with E-state index in [1.807, 2.05) is 0 Å². The molecule has 2 unspecified atom stereocenters. The van der Waals surface area contributed by atoms with Crippen molar-refractivity contribution in [3.63, 3.8) is 0 Å². The van der Waals surface area contributed by atoms with Crippen molar-refractivity contribution in [2.45, 2.75) is 51.4 Å². The van der Waals surface area contributed by atoms with Gasteiger partial charge in [0, 0.05) is 31.6 Å². The molecule has 0 bridgehead atoms. The lowest BCUT2D eigenvalue weighted by Gasteiger charge is -2.42. The van der Waals surface area contributed by atoms with Crippen LogP contribution in [0.5, 0.6) is 0 Å². The number of carbonyl (C=O) groups is 3. The highest BCUT2D eigenvalue weighted by Crippen LogP contribution is 2.36. The van der Waals surface area contributed by atoms with Crippen LogP contribution in [-0.4, -0.2) is 47.3 Å². The van der Waals surface area contributed by atoms with Crippen molar-refractivity contribution in [2.24, 2.45) is 11.0 Å². The highest BCUT2D eigenvalue weighted by atomic mass is 32.2. The molecule has 0 aromatic heterocycles. The maximum Gasteiger partial charge on any atom is 0.303 e. The molecule has 128 valence electrons. The van der Waals surface area contributed by atoms with Gasteiger partial charge in [-0.1, -0.05) is 23.8 Å². The summed E-state index contributed by atoms with van der Waals surface area (Å²) in [7, 11) is 0. The molecule has 10 heteroatoms. The Labute approximate surface area is 137 Å². The molecule has 0 aromatic carbocycles. The molecule has 0 radical (unpaired) electrons. The second kappa shape index (κ2) is 8.76. The van der Waals surface area contributed by atoms with Gasteiger partial charge in [-0.25, -0.2) is 0 Å². The van der Waals surface area contributed by atoms with Gasteiger partial charge in [-0.2, -0.15) is 0 Å². The van der Waals surface area contributed by atoms with E-state index < -0.39 is 35.6 Å². The molecule has 1 rings (SSSR count). The third kappa shape index (κ3) is 5.74. The Hall–Kier alpha value is -1.77. The summed E-state index contributed by atoms with van der Waals surface area (Å²) in [6, 6.07) is -0.741. The summed E-state index contributed by atoms with van der Waals surface area (Å²) in [5.41, 5.74) is 8.18. The van der Waals surface area contributed by atoms with E-state index in [4.69, 9.17) is 19.7 Å². The van der Waals surface area contributed by atoms with E-state index in [1.54, 1.807) is 6.92 Å². The monoisotopic (exact) mass is 345 g/mol. The summed E-state index contributed by atoms with van der Waals surface area (Å²) in [4.78, 5) is 36.5. The van der Waals surface area contributed by atoms with Gasteiger partial charge in [0.05, 0.1) is 6.04 Å². The molecule has 23 heavy (non-hydrogen) atoms. The largest absolute Gasteiger partial charge is 0.463 e. The minimum absolute atomic E-state index is 0.168. The number of hydrogen-bond donors (Lipinski definition) is 0. The van der Waals surface area contributed by atoms with E-state index in [9.17, 15) is 14.4 Å². The first-order valence-electron chi connectivity index (χ1n) is 6.93. The predicted molar refractivity (Wildman–Crippen MR) is 81.2 cm³/mol. The van der Waals surface area contributed by atoms with Crippen molar-refractivity contribution in [3.8, 4) is 0 Å². The molecule has 0 aliphatic carbocycles. The summed E-state index contributed by atoms with van der Waals surface area (Å²) >= 11 is 0.947. The molecular formula is C13H19N3O6S. The molecule has 0 aromatic rings. The zero-order valence-electron chi connectivity index (χ0n) is 13.3. The zero-order valence-corrected chi connectivity index (χ0v) is 14.1. The Balaban J connectivity index is 3.07. The number of rotatable bonds is 5. The first-order valence-corrected chi connectivity index (χ1v) is 7.81. The number of nitrogens with zero attached hydrogens (tertiary/aromatic N) is 3. The van der Waals surface area contributed by atoms with Crippen LogP contribution in [0.15, 0.2) is 5.11 Å². The standard InChI is InChI=1S/C13H19N3O6S/c1-6-11(15-16-14)12(21-8(3)18)10(5-20-7(2)17)22-13(6)23-9(4)19/h6,10-13H,5H2,1-4H3/t6?,10?,11-,12+,13-/m1/s1.